The first-order valence-corrected chi connectivity index (χ1v) is 13.7. The zero-order valence-electron chi connectivity index (χ0n) is 23.7. The molecule has 2 amide bonds. The molecule has 4 rings (SSSR count). The summed E-state index contributed by atoms with van der Waals surface area (Å²) in [5.41, 5.74) is -0.154. The van der Waals surface area contributed by atoms with Gasteiger partial charge >= 0.3 is 0 Å². The van der Waals surface area contributed by atoms with Gasteiger partial charge in [-0.15, -0.1) is 0 Å². The number of hydrogen-bond donors (Lipinski definition) is 4. The van der Waals surface area contributed by atoms with Crippen LogP contribution < -0.4 is 15.4 Å². The fourth-order valence-electron chi connectivity index (χ4n) is 5.57. The van der Waals surface area contributed by atoms with Crippen LogP contribution in [0, 0.1) is 11.2 Å². The Morgan fingerprint density at radius 1 is 1.27 bits per heavy atom. The van der Waals surface area contributed by atoms with Gasteiger partial charge in [0.2, 0.25) is 5.91 Å². The van der Waals surface area contributed by atoms with Gasteiger partial charge in [0, 0.05) is 30.4 Å². The van der Waals surface area contributed by atoms with E-state index in [0.29, 0.717) is 48.3 Å². The average Bonchev–Trinajstić information content (AvgIpc) is 2.92. The molecule has 1 saturated heterocycles. The molecule has 0 bridgehead atoms. The monoisotopic (exact) mass is 554 g/mol. The number of fused-ring (bicyclic) bond motifs is 1. The summed E-state index contributed by atoms with van der Waals surface area (Å²) >= 11 is 0. The van der Waals surface area contributed by atoms with E-state index in [-0.39, 0.29) is 18.3 Å². The van der Waals surface area contributed by atoms with Crippen LogP contribution in [-0.2, 0) is 9.53 Å². The van der Waals surface area contributed by atoms with E-state index in [4.69, 9.17) is 14.9 Å². The molecule has 3 atom stereocenters. The predicted molar refractivity (Wildman–Crippen MR) is 149 cm³/mol. The van der Waals surface area contributed by atoms with Crippen LogP contribution in [0.3, 0.4) is 0 Å². The number of methoxy groups -OCH3 is 1. The molecule has 2 aromatic carbocycles. The van der Waals surface area contributed by atoms with Gasteiger partial charge in [0.15, 0.2) is 5.96 Å². The normalized spacial score (nSPS) is 22.1. The van der Waals surface area contributed by atoms with Gasteiger partial charge in [0.25, 0.3) is 5.91 Å². The third kappa shape index (κ3) is 5.69. The van der Waals surface area contributed by atoms with Crippen LogP contribution in [-0.4, -0.2) is 58.7 Å². The number of nitrogens with one attached hydrogen (secondary N) is 3. The standard InChI is InChI=1S/C30H39FN4O5/c1-6-30(7-2)17-24(36)35(28(32)34-30)22(13-14-39-5)18-9-8-10-19(15-18)27(38)33-25-21-16-20(31)11-12-23(21)40-29(3,4)26(25)37/h8-12,15-16,22,25-26,37H,6-7,13-14,17H2,1-5H3,(H2,32,34)(H,33,38)/t22-,25?,26-/m1/s1. The number of rotatable bonds is 9. The Labute approximate surface area is 234 Å². The Bertz CT molecular complexity index is 1260. The van der Waals surface area contributed by atoms with Crippen LogP contribution in [0.1, 0.15) is 86.9 Å². The molecule has 9 nitrogen and oxygen atoms in total. The SMILES string of the molecule is CCC1(CC)CC(=O)N([C@H](CCOC)c2cccc(C(=O)NC3c4cc(F)ccc4OC(C)(C)[C@@H]3O)c2)C(=N)N1. The third-order valence-electron chi connectivity index (χ3n) is 8.17. The summed E-state index contributed by atoms with van der Waals surface area (Å²) in [4.78, 5) is 28.3. The summed E-state index contributed by atoms with van der Waals surface area (Å²) in [6.45, 7) is 7.75. The first kappa shape index (κ1) is 29.5. The van der Waals surface area contributed by atoms with Crippen molar-refractivity contribution < 1.29 is 28.6 Å². The number of halogens is 1. The molecule has 0 radical (unpaired) electrons. The quantitative estimate of drug-likeness (QED) is 0.368. The number of nitrogens with zero attached hydrogens (tertiary/aromatic N) is 1. The predicted octanol–water partition coefficient (Wildman–Crippen LogP) is 4.22. The van der Waals surface area contributed by atoms with E-state index in [0.717, 1.165) is 0 Å². The van der Waals surface area contributed by atoms with Gasteiger partial charge in [-0.1, -0.05) is 26.0 Å². The van der Waals surface area contributed by atoms with Gasteiger partial charge in [0.05, 0.1) is 18.5 Å². The molecule has 10 heteroatoms. The maximum absolute atomic E-state index is 14.1. The summed E-state index contributed by atoms with van der Waals surface area (Å²) in [6.07, 6.45) is 0.970. The van der Waals surface area contributed by atoms with Gasteiger partial charge in [-0.05, 0) is 69.0 Å². The van der Waals surface area contributed by atoms with Crippen LogP contribution in [0.2, 0.25) is 0 Å². The van der Waals surface area contributed by atoms with Crippen LogP contribution in [0.15, 0.2) is 42.5 Å². The van der Waals surface area contributed by atoms with E-state index in [2.05, 4.69) is 10.6 Å². The molecular weight excluding hydrogens is 515 g/mol. The molecule has 4 N–H and O–H groups in total. The molecule has 2 aromatic rings. The molecule has 1 fully saturated rings. The molecule has 0 spiro atoms. The zero-order chi connectivity index (χ0) is 29.2. The first-order valence-electron chi connectivity index (χ1n) is 13.7. The lowest BCUT2D eigenvalue weighted by Gasteiger charge is -2.45. The van der Waals surface area contributed by atoms with Crippen molar-refractivity contribution in [2.24, 2.45) is 0 Å². The van der Waals surface area contributed by atoms with E-state index in [1.807, 2.05) is 19.9 Å². The second-order valence-corrected chi connectivity index (χ2v) is 11.1. The van der Waals surface area contributed by atoms with Gasteiger partial charge in [0.1, 0.15) is 23.3 Å². The second-order valence-electron chi connectivity index (χ2n) is 11.1. The van der Waals surface area contributed by atoms with Crippen LogP contribution in [0.4, 0.5) is 4.39 Å². The van der Waals surface area contributed by atoms with Crippen molar-refractivity contribution in [2.75, 3.05) is 13.7 Å². The van der Waals surface area contributed by atoms with Crippen molar-refractivity contribution in [2.45, 2.75) is 82.7 Å². The highest BCUT2D eigenvalue weighted by Gasteiger charge is 2.44. The minimum atomic E-state index is -1.14. The number of aliphatic hydroxyl groups is 1. The number of guanidine groups is 1. The molecular formula is C30H39FN4O5. The van der Waals surface area contributed by atoms with E-state index in [1.54, 1.807) is 39.2 Å². The molecule has 40 heavy (non-hydrogen) atoms. The maximum Gasteiger partial charge on any atom is 0.251 e. The number of carbonyl (C=O) groups is 2. The highest BCUT2D eigenvalue weighted by Crippen LogP contribution is 2.40. The Kier molecular flexibility index (Phi) is 8.51. The Morgan fingerprint density at radius 2 is 2.00 bits per heavy atom. The van der Waals surface area contributed by atoms with Gasteiger partial charge in [-0.2, -0.15) is 0 Å². The molecule has 0 saturated carbocycles. The minimum Gasteiger partial charge on any atom is -0.485 e. The largest absolute Gasteiger partial charge is 0.485 e. The average molecular weight is 555 g/mol. The topological polar surface area (TPSA) is 124 Å². The smallest absolute Gasteiger partial charge is 0.251 e. The molecule has 1 unspecified atom stereocenters. The number of amides is 2. The van der Waals surface area contributed by atoms with E-state index in [1.165, 1.54) is 23.1 Å². The Hall–Kier alpha value is -3.50. The summed E-state index contributed by atoms with van der Waals surface area (Å²) in [5, 5.41) is 25.9. The van der Waals surface area contributed by atoms with Crippen LogP contribution in [0.5, 0.6) is 5.75 Å². The lowest BCUT2D eigenvalue weighted by Crippen LogP contribution is -2.62. The number of aliphatic hydroxyl groups excluding tert-OH is 1. The number of benzene rings is 2. The lowest BCUT2D eigenvalue weighted by molar-refractivity contribution is -0.133. The lowest BCUT2D eigenvalue weighted by atomic mass is 9.85. The molecule has 0 aliphatic carbocycles. The summed E-state index contributed by atoms with van der Waals surface area (Å²) < 4.78 is 25.3. The minimum absolute atomic E-state index is 0.0297. The van der Waals surface area contributed by atoms with Gasteiger partial charge < -0.3 is 25.2 Å². The molecule has 216 valence electrons. The van der Waals surface area contributed by atoms with Crippen LogP contribution in [0.25, 0.3) is 0 Å². The highest BCUT2D eigenvalue weighted by atomic mass is 19.1. The van der Waals surface area contributed by atoms with Gasteiger partial charge in [-0.25, -0.2) is 4.39 Å². The van der Waals surface area contributed by atoms with Gasteiger partial charge in [-0.3, -0.25) is 19.9 Å². The highest BCUT2D eigenvalue weighted by molar-refractivity contribution is 6.00. The van der Waals surface area contributed by atoms with Crippen molar-refractivity contribution in [3.63, 3.8) is 0 Å². The van der Waals surface area contributed by atoms with Crippen molar-refractivity contribution in [3.8, 4) is 5.75 Å². The maximum atomic E-state index is 14.1. The number of carbonyl (C=O) groups excluding carboxylic acids is 2. The first-order chi connectivity index (χ1) is 18.9. The molecule has 2 aliphatic rings. The fraction of sp³-hybridized carbons (Fsp3) is 0.500. The summed E-state index contributed by atoms with van der Waals surface area (Å²) in [7, 11) is 1.57. The van der Waals surface area contributed by atoms with Crippen LogP contribution >= 0.6 is 0 Å². The number of ether oxygens (including phenoxy) is 2. The van der Waals surface area contributed by atoms with E-state index in [9.17, 15) is 19.1 Å². The Morgan fingerprint density at radius 3 is 2.65 bits per heavy atom. The third-order valence-corrected chi connectivity index (χ3v) is 8.17. The zero-order valence-corrected chi connectivity index (χ0v) is 23.7. The fourth-order valence-corrected chi connectivity index (χ4v) is 5.57. The van der Waals surface area contributed by atoms with Crippen molar-refractivity contribution in [3.05, 3.63) is 65.0 Å². The summed E-state index contributed by atoms with van der Waals surface area (Å²) in [5.74, 6) is -0.718. The van der Waals surface area contributed by atoms with Crippen molar-refractivity contribution in [1.82, 2.24) is 15.5 Å². The van der Waals surface area contributed by atoms with Crippen molar-refractivity contribution >= 4 is 17.8 Å². The van der Waals surface area contributed by atoms with E-state index >= 15 is 0 Å². The molecule has 2 aliphatic heterocycles. The Balaban J connectivity index is 1.63. The molecule has 0 aromatic heterocycles. The summed E-state index contributed by atoms with van der Waals surface area (Å²) in [6, 6.07) is 9.42. The molecule has 2 heterocycles. The van der Waals surface area contributed by atoms with E-state index < -0.39 is 41.1 Å². The van der Waals surface area contributed by atoms with Crippen molar-refractivity contribution in [1.29, 1.82) is 5.41 Å². The second kappa shape index (κ2) is 11.5. The number of hydrogen-bond acceptors (Lipinski definition) is 6.